The Morgan fingerprint density at radius 1 is 1.04 bits per heavy atom. The minimum atomic E-state index is -0.684. The molecule has 1 saturated heterocycles. The summed E-state index contributed by atoms with van der Waals surface area (Å²) in [6, 6.07) is 10.4. The second-order valence-electron chi connectivity index (χ2n) is 8.28. The lowest BCUT2D eigenvalue weighted by atomic mass is 9.73. The summed E-state index contributed by atoms with van der Waals surface area (Å²) in [7, 11) is 4.61. The zero-order chi connectivity index (χ0) is 16.3. The number of aliphatic hydroxyl groups is 1. The number of nitrogens with zero attached hydrogens (tertiary/aromatic N) is 2. The highest BCUT2D eigenvalue weighted by atomic mass is 16.3. The van der Waals surface area contributed by atoms with E-state index >= 15 is 0 Å². The van der Waals surface area contributed by atoms with Crippen molar-refractivity contribution in [3.63, 3.8) is 0 Å². The van der Waals surface area contributed by atoms with E-state index in [9.17, 15) is 5.11 Å². The van der Waals surface area contributed by atoms with Gasteiger partial charge in [0.05, 0.1) is 27.2 Å². The van der Waals surface area contributed by atoms with E-state index in [0.717, 1.165) is 29.7 Å². The summed E-state index contributed by atoms with van der Waals surface area (Å²) in [4.78, 5) is 2.49. The van der Waals surface area contributed by atoms with Gasteiger partial charge in [0.2, 0.25) is 0 Å². The molecular formula is C20H33N2O+. The van der Waals surface area contributed by atoms with Crippen LogP contribution in [0.1, 0.15) is 37.7 Å². The molecule has 1 aliphatic heterocycles. The number of β-amino-alcohol motifs (C(OH)–C–C–N with tert-alkyl or cyclic N) is 1. The second kappa shape index (κ2) is 6.92. The van der Waals surface area contributed by atoms with Gasteiger partial charge < -0.3 is 9.59 Å². The standard InChI is InChI=1S/C20H33N2O/c1-22(2)15-13-21(14-16-22)17-20(23,18-9-5-3-6-10-18)19-11-7-4-8-12-19/h3,5-6,9-10,19,23H,4,7-8,11-17H2,1-2H3/q+1/t20-/m0/s1. The third-order valence-electron chi connectivity index (χ3n) is 6.06. The van der Waals surface area contributed by atoms with Gasteiger partial charge in [-0.15, -0.1) is 0 Å². The Hall–Kier alpha value is -0.900. The zero-order valence-electron chi connectivity index (χ0n) is 14.9. The Morgan fingerprint density at radius 3 is 2.26 bits per heavy atom. The Labute approximate surface area is 141 Å². The summed E-state index contributed by atoms with van der Waals surface area (Å²) in [6.45, 7) is 5.33. The fraction of sp³-hybridized carbons (Fsp3) is 0.700. The van der Waals surface area contributed by atoms with Gasteiger partial charge in [0.1, 0.15) is 5.60 Å². The van der Waals surface area contributed by atoms with E-state index in [1.165, 1.54) is 45.2 Å². The van der Waals surface area contributed by atoms with Crippen LogP contribution in [-0.2, 0) is 5.60 Å². The summed E-state index contributed by atoms with van der Waals surface area (Å²) >= 11 is 0. The van der Waals surface area contributed by atoms with Crippen molar-refractivity contribution >= 4 is 0 Å². The van der Waals surface area contributed by atoms with Gasteiger partial charge in [-0.3, -0.25) is 4.90 Å². The van der Waals surface area contributed by atoms with Crippen LogP contribution in [0.15, 0.2) is 30.3 Å². The molecule has 0 unspecified atom stereocenters. The van der Waals surface area contributed by atoms with Crippen LogP contribution in [0.2, 0.25) is 0 Å². The number of hydrogen-bond acceptors (Lipinski definition) is 2. The van der Waals surface area contributed by atoms with Gasteiger partial charge >= 0.3 is 0 Å². The molecule has 23 heavy (non-hydrogen) atoms. The molecule has 3 heteroatoms. The molecule has 0 bridgehead atoms. The van der Waals surface area contributed by atoms with E-state index < -0.39 is 5.60 Å². The lowest BCUT2D eigenvalue weighted by Crippen LogP contribution is -2.58. The Balaban J connectivity index is 1.78. The number of quaternary nitrogens is 1. The van der Waals surface area contributed by atoms with Crippen molar-refractivity contribution in [2.24, 2.45) is 5.92 Å². The molecule has 1 atom stereocenters. The quantitative estimate of drug-likeness (QED) is 0.863. The third kappa shape index (κ3) is 3.96. The number of benzene rings is 1. The second-order valence-corrected chi connectivity index (χ2v) is 8.28. The number of rotatable bonds is 4. The molecule has 3 nitrogen and oxygen atoms in total. The van der Waals surface area contributed by atoms with Crippen molar-refractivity contribution in [3.8, 4) is 0 Å². The van der Waals surface area contributed by atoms with Gasteiger partial charge in [-0.25, -0.2) is 0 Å². The number of likely N-dealkylation sites (N-methyl/N-ethyl adjacent to an activating group) is 1. The maximum atomic E-state index is 11.7. The zero-order valence-corrected chi connectivity index (χ0v) is 14.9. The van der Waals surface area contributed by atoms with Gasteiger partial charge in [0, 0.05) is 19.6 Å². The van der Waals surface area contributed by atoms with Crippen LogP contribution in [0.4, 0.5) is 0 Å². The monoisotopic (exact) mass is 317 g/mol. The summed E-state index contributed by atoms with van der Waals surface area (Å²) in [5, 5.41) is 11.7. The highest BCUT2D eigenvalue weighted by molar-refractivity contribution is 5.24. The molecule has 1 aromatic carbocycles. The van der Waals surface area contributed by atoms with Crippen LogP contribution < -0.4 is 0 Å². The summed E-state index contributed by atoms with van der Waals surface area (Å²) < 4.78 is 1.10. The topological polar surface area (TPSA) is 23.5 Å². The van der Waals surface area contributed by atoms with E-state index in [2.05, 4.69) is 43.3 Å². The van der Waals surface area contributed by atoms with Crippen LogP contribution in [0.25, 0.3) is 0 Å². The highest BCUT2D eigenvalue weighted by Gasteiger charge is 2.41. The summed E-state index contributed by atoms with van der Waals surface area (Å²) in [5.41, 5.74) is 0.433. The highest BCUT2D eigenvalue weighted by Crippen LogP contribution is 2.40. The van der Waals surface area contributed by atoms with Crippen LogP contribution in [0.5, 0.6) is 0 Å². The lowest BCUT2D eigenvalue weighted by molar-refractivity contribution is -0.894. The largest absolute Gasteiger partial charge is 0.384 e. The maximum Gasteiger partial charge on any atom is 0.105 e. The molecule has 1 saturated carbocycles. The SMILES string of the molecule is C[N+]1(C)CCN(C[C@](O)(c2ccccc2)C2CCCCC2)CC1. The Kier molecular flexibility index (Phi) is 5.10. The molecule has 2 aliphatic rings. The fourth-order valence-electron chi connectivity index (χ4n) is 4.31. The summed E-state index contributed by atoms with van der Waals surface area (Å²) in [5.74, 6) is 0.406. The molecule has 1 N–H and O–H groups in total. The fourth-order valence-corrected chi connectivity index (χ4v) is 4.31. The van der Waals surface area contributed by atoms with Crippen LogP contribution in [0.3, 0.4) is 0 Å². The van der Waals surface area contributed by atoms with Gasteiger partial charge in [-0.2, -0.15) is 0 Å². The summed E-state index contributed by atoms with van der Waals surface area (Å²) in [6.07, 6.45) is 6.20. The molecule has 128 valence electrons. The normalized spacial score (nSPS) is 25.9. The predicted molar refractivity (Wildman–Crippen MR) is 95.2 cm³/mol. The van der Waals surface area contributed by atoms with Crippen molar-refractivity contribution < 1.29 is 9.59 Å². The van der Waals surface area contributed by atoms with E-state index in [-0.39, 0.29) is 0 Å². The molecule has 1 heterocycles. The molecular weight excluding hydrogens is 284 g/mol. The van der Waals surface area contributed by atoms with Crippen molar-refractivity contribution in [1.29, 1.82) is 0 Å². The minimum Gasteiger partial charge on any atom is -0.384 e. The molecule has 0 amide bonds. The van der Waals surface area contributed by atoms with Gasteiger partial charge in [0.15, 0.2) is 0 Å². The maximum absolute atomic E-state index is 11.7. The first kappa shape index (κ1) is 16.9. The van der Waals surface area contributed by atoms with Crippen LogP contribution in [0, 0.1) is 5.92 Å². The third-order valence-corrected chi connectivity index (χ3v) is 6.06. The smallest absolute Gasteiger partial charge is 0.105 e. The van der Waals surface area contributed by atoms with E-state index in [1.807, 2.05) is 6.07 Å². The number of hydrogen-bond donors (Lipinski definition) is 1. The van der Waals surface area contributed by atoms with Gasteiger partial charge in [-0.1, -0.05) is 49.6 Å². The first-order valence-corrected chi connectivity index (χ1v) is 9.32. The molecule has 3 rings (SSSR count). The van der Waals surface area contributed by atoms with Crippen LogP contribution in [-0.4, -0.2) is 61.3 Å². The predicted octanol–water partition coefficient (Wildman–Crippen LogP) is 2.85. The lowest BCUT2D eigenvalue weighted by Gasteiger charge is -2.45. The first-order chi connectivity index (χ1) is 11.0. The Bertz CT molecular complexity index is 486. The average Bonchev–Trinajstić information content (AvgIpc) is 2.58. The van der Waals surface area contributed by atoms with Gasteiger partial charge in [0.25, 0.3) is 0 Å². The van der Waals surface area contributed by atoms with E-state index in [1.54, 1.807) is 0 Å². The van der Waals surface area contributed by atoms with Crippen molar-refractivity contribution in [2.45, 2.75) is 37.7 Å². The minimum absolute atomic E-state index is 0.406. The van der Waals surface area contributed by atoms with E-state index in [0.29, 0.717) is 5.92 Å². The first-order valence-electron chi connectivity index (χ1n) is 9.32. The average molecular weight is 317 g/mol. The Morgan fingerprint density at radius 2 is 1.65 bits per heavy atom. The van der Waals surface area contributed by atoms with E-state index in [4.69, 9.17) is 0 Å². The van der Waals surface area contributed by atoms with Crippen molar-refractivity contribution in [2.75, 3.05) is 46.8 Å². The molecule has 1 aliphatic carbocycles. The van der Waals surface area contributed by atoms with Gasteiger partial charge in [-0.05, 0) is 24.3 Å². The van der Waals surface area contributed by atoms with Crippen LogP contribution >= 0.6 is 0 Å². The molecule has 0 spiro atoms. The molecule has 2 fully saturated rings. The number of piperazine rings is 1. The van der Waals surface area contributed by atoms with Crippen molar-refractivity contribution in [1.82, 2.24) is 4.90 Å². The molecule has 0 aromatic heterocycles. The molecule has 1 aromatic rings. The molecule has 0 radical (unpaired) electrons. The van der Waals surface area contributed by atoms with Crippen molar-refractivity contribution in [3.05, 3.63) is 35.9 Å².